The summed E-state index contributed by atoms with van der Waals surface area (Å²) in [4.78, 5) is 23.2. The number of nitrogens with zero attached hydrogens (tertiary/aromatic N) is 2. The summed E-state index contributed by atoms with van der Waals surface area (Å²) < 4.78 is 13.4. The fourth-order valence-corrected chi connectivity index (χ4v) is 3.38. The molecule has 0 saturated carbocycles. The van der Waals surface area contributed by atoms with Gasteiger partial charge in [0, 0.05) is 11.6 Å². The van der Waals surface area contributed by atoms with Crippen LogP contribution in [0.5, 0.6) is 11.6 Å². The average molecular weight is 452 g/mol. The number of rotatable bonds is 10. The zero-order chi connectivity index (χ0) is 24.0. The third-order valence-corrected chi connectivity index (χ3v) is 5.18. The summed E-state index contributed by atoms with van der Waals surface area (Å²) in [5, 5.41) is 15.9. The highest BCUT2D eigenvalue weighted by Gasteiger charge is 2.17. The molecule has 0 aliphatic rings. The third kappa shape index (κ3) is 5.91. The van der Waals surface area contributed by atoms with Crippen LogP contribution in [0.4, 0.5) is 0 Å². The minimum atomic E-state index is -1.08. The maximum Gasteiger partial charge on any atom is 0.325 e. The molecule has 0 bridgehead atoms. The molecule has 2 unspecified atom stereocenters. The van der Waals surface area contributed by atoms with Crippen molar-refractivity contribution >= 4 is 11.9 Å². The number of aryl methyl sites for hydroxylation is 1. The van der Waals surface area contributed by atoms with Crippen molar-refractivity contribution in [1.29, 1.82) is 0 Å². The summed E-state index contributed by atoms with van der Waals surface area (Å²) in [7, 11) is 1.61. The number of methoxy groups -OCH3 is 1. The van der Waals surface area contributed by atoms with E-state index in [0.717, 1.165) is 35.5 Å². The smallest absolute Gasteiger partial charge is 0.325 e. The highest BCUT2D eigenvalue weighted by Crippen LogP contribution is 2.28. The Morgan fingerprint density at radius 2 is 1.79 bits per heavy atom. The lowest BCUT2D eigenvalue weighted by Crippen LogP contribution is -2.38. The number of carboxylic acids is 1. The zero-order valence-corrected chi connectivity index (χ0v) is 19.2. The predicted molar refractivity (Wildman–Crippen MR) is 124 cm³/mol. The van der Waals surface area contributed by atoms with Crippen LogP contribution >= 0.6 is 0 Å². The van der Waals surface area contributed by atoms with E-state index < -0.39 is 17.9 Å². The summed E-state index contributed by atoms with van der Waals surface area (Å²) in [5.41, 5.74) is 3.07. The van der Waals surface area contributed by atoms with Crippen LogP contribution in [0.3, 0.4) is 0 Å². The molecule has 1 aromatic heterocycles. The first-order valence-corrected chi connectivity index (χ1v) is 10.8. The van der Waals surface area contributed by atoms with E-state index in [9.17, 15) is 9.59 Å². The highest BCUT2D eigenvalue weighted by atomic mass is 16.5. The van der Waals surface area contributed by atoms with Crippen LogP contribution < -0.4 is 14.8 Å². The fourth-order valence-electron chi connectivity index (χ4n) is 3.38. The van der Waals surface area contributed by atoms with Crippen LogP contribution in [0.15, 0.2) is 54.6 Å². The zero-order valence-electron chi connectivity index (χ0n) is 19.2. The number of nitrogens with one attached hydrogen (secondary N) is 1. The van der Waals surface area contributed by atoms with Crippen molar-refractivity contribution in [3.63, 3.8) is 0 Å². The Labute approximate surface area is 193 Å². The van der Waals surface area contributed by atoms with Crippen LogP contribution in [0.2, 0.25) is 0 Å². The lowest BCUT2D eigenvalue weighted by Gasteiger charge is -2.20. The van der Waals surface area contributed by atoms with Crippen LogP contribution in [-0.4, -0.2) is 39.9 Å². The number of hydrogen-bond acceptors (Lipinski definition) is 5. The Morgan fingerprint density at radius 1 is 1.12 bits per heavy atom. The molecule has 0 fully saturated rings. The van der Waals surface area contributed by atoms with Gasteiger partial charge >= 0.3 is 5.97 Å². The fraction of sp³-hybridized carbons (Fsp3) is 0.320. The maximum atomic E-state index is 12.2. The van der Waals surface area contributed by atoms with Crippen molar-refractivity contribution in [3.05, 3.63) is 71.4 Å². The number of carbonyl (C=O) groups excluding carboxylic acids is 1. The number of benzene rings is 2. The standard InChI is InChI=1S/C25H29N3O5/c1-5-6-22(18-7-9-19(10-8-18)24(29)26-17(3)25(30)31)33-21-13-11-20(12-14-21)28-23(32-4)15-16(2)27-28/h7-15,17,22H,5-6H2,1-4H3,(H,26,29)(H,30,31). The molecule has 2 atom stereocenters. The summed E-state index contributed by atoms with van der Waals surface area (Å²) >= 11 is 0. The van der Waals surface area contributed by atoms with Crippen molar-refractivity contribution in [2.45, 2.75) is 45.8 Å². The minimum absolute atomic E-state index is 0.183. The average Bonchev–Trinajstić information content (AvgIpc) is 3.20. The molecule has 0 spiro atoms. The maximum absolute atomic E-state index is 12.2. The van der Waals surface area contributed by atoms with E-state index in [1.807, 2.05) is 49.4 Å². The molecule has 0 saturated heterocycles. The molecule has 2 aromatic carbocycles. The molecule has 1 amide bonds. The Morgan fingerprint density at radius 3 is 2.36 bits per heavy atom. The summed E-state index contributed by atoms with van der Waals surface area (Å²) in [6, 6.07) is 15.6. The van der Waals surface area contributed by atoms with Gasteiger partial charge in [-0.2, -0.15) is 5.10 Å². The quantitative estimate of drug-likeness (QED) is 0.476. The van der Waals surface area contributed by atoms with Gasteiger partial charge in [0.25, 0.3) is 5.91 Å². The van der Waals surface area contributed by atoms with Gasteiger partial charge in [-0.15, -0.1) is 0 Å². The Bertz CT molecular complexity index is 1090. The Hall–Kier alpha value is -3.81. The summed E-state index contributed by atoms with van der Waals surface area (Å²) in [5.74, 6) is -0.128. The third-order valence-electron chi connectivity index (χ3n) is 5.18. The van der Waals surface area contributed by atoms with Gasteiger partial charge in [-0.05, 0) is 62.2 Å². The van der Waals surface area contributed by atoms with Gasteiger partial charge in [-0.1, -0.05) is 25.5 Å². The molecule has 8 nitrogen and oxygen atoms in total. The monoisotopic (exact) mass is 451 g/mol. The predicted octanol–water partition coefficient (Wildman–Crippen LogP) is 4.31. The van der Waals surface area contributed by atoms with Gasteiger partial charge in [0.1, 0.15) is 17.9 Å². The van der Waals surface area contributed by atoms with E-state index in [2.05, 4.69) is 17.3 Å². The molecule has 3 aromatic rings. The number of carbonyl (C=O) groups is 2. The number of aromatic nitrogens is 2. The lowest BCUT2D eigenvalue weighted by molar-refractivity contribution is -0.138. The molecule has 1 heterocycles. The van der Waals surface area contributed by atoms with Crippen LogP contribution in [0.25, 0.3) is 5.69 Å². The van der Waals surface area contributed by atoms with E-state index in [-0.39, 0.29) is 6.10 Å². The van der Waals surface area contributed by atoms with E-state index in [1.54, 1.807) is 23.9 Å². The number of aliphatic carboxylic acids is 1. The summed E-state index contributed by atoms with van der Waals surface area (Å²) in [6.45, 7) is 5.42. The lowest BCUT2D eigenvalue weighted by atomic mass is 10.0. The van der Waals surface area contributed by atoms with Crippen molar-refractivity contribution in [1.82, 2.24) is 15.1 Å². The van der Waals surface area contributed by atoms with E-state index in [1.165, 1.54) is 6.92 Å². The summed E-state index contributed by atoms with van der Waals surface area (Å²) in [6.07, 6.45) is 1.54. The largest absolute Gasteiger partial charge is 0.486 e. The van der Waals surface area contributed by atoms with Crippen molar-refractivity contribution < 1.29 is 24.2 Å². The van der Waals surface area contributed by atoms with Crippen LogP contribution in [-0.2, 0) is 4.79 Å². The number of hydrogen-bond donors (Lipinski definition) is 2. The SMILES string of the molecule is CCCC(Oc1ccc(-n2nc(C)cc2OC)cc1)c1ccc(C(=O)NC(C)C(=O)O)cc1. The second kappa shape index (κ2) is 10.7. The van der Waals surface area contributed by atoms with Crippen LogP contribution in [0, 0.1) is 6.92 Å². The second-order valence-electron chi connectivity index (χ2n) is 7.78. The van der Waals surface area contributed by atoms with Gasteiger partial charge in [-0.3, -0.25) is 9.59 Å². The molecule has 0 aliphatic heterocycles. The van der Waals surface area contributed by atoms with E-state index in [0.29, 0.717) is 11.4 Å². The van der Waals surface area contributed by atoms with Gasteiger partial charge in [0.15, 0.2) is 0 Å². The molecule has 2 N–H and O–H groups in total. The highest BCUT2D eigenvalue weighted by molar-refractivity contribution is 5.96. The molecule has 3 rings (SSSR count). The molecular formula is C25H29N3O5. The number of amides is 1. The number of ether oxygens (including phenoxy) is 2. The van der Waals surface area contributed by atoms with Crippen molar-refractivity contribution in [3.8, 4) is 17.3 Å². The van der Waals surface area contributed by atoms with Gasteiger partial charge in [-0.25, -0.2) is 4.68 Å². The second-order valence-corrected chi connectivity index (χ2v) is 7.78. The van der Waals surface area contributed by atoms with E-state index in [4.69, 9.17) is 14.6 Å². The first kappa shape index (κ1) is 23.8. The van der Waals surface area contributed by atoms with Crippen molar-refractivity contribution in [2.75, 3.05) is 7.11 Å². The molecular weight excluding hydrogens is 422 g/mol. The minimum Gasteiger partial charge on any atom is -0.486 e. The molecule has 0 radical (unpaired) electrons. The first-order valence-electron chi connectivity index (χ1n) is 10.8. The molecule has 174 valence electrons. The van der Waals surface area contributed by atoms with Gasteiger partial charge in [0.05, 0.1) is 18.5 Å². The van der Waals surface area contributed by atoms with E-state index >= 15 is 0 Å². The Kier molecular flexibility index (Phi) is 7.71. The number of carboxylic acid groups (broad SMARTS) is 1. The topological polar surface area (TPSA) is 103 Å². The molecule has 8 heteroatoms. The molecule has 33 heavy (non-hydrogen) atoms. The Balaban J connectivity index is 1.72. The first-order chi connectivity index (χ1) is 15.8. The molecule has 0 aliphatic carbocycles. The van der Waals surface area contributed by atoms with Gasteiger partial charge < -0.3 is 19.9 Å². The van der Waals surface area contributed by atoms with Crippen LogP contribution in [0.1, 0.15) is 54.4 Å². The van der Waals surface area contributed by atoms with Crippen molar-refractivity contribution in [2.24, 2.45) is 0 Å². The normalized spacial score (nSPS) is 12.6. The van der Waals surface area contributed by atoms with Gasteiger partial charge in [0.2, 0.25) is 5.88 Å².